The number of nitrogens with one attached hydrogen (secondary N) is 2. The van der Waals surface area contributed by atoms with Crippen LogP contribution in [-0.2, 0) is 10.0 Å². The predicted molar refractivity (Wildman–Crippen MR) is 75.8 cm³/mol. The van der Waals surface area contributed by atoms with Gasteiger partial charge in [-0.3, -0.25) is 0 Å². The zero-order valence-electron chi connectivity index (χ0n) is 12.1. The fourth-order valence-corrected chi connectivity index (χ4v) is 3.27. The summed E-state index contributed by atoms with van der Waals surface area (Å²) in [7, 11) is -3.44. The SMILES string of the molecule is CC(C)(C)CCS(=O)(=O)Nc1nnc(C2CCCN2)o1. The lowest BCUT2D eigenvalue weighted by Gasteiger charge is -2.17. The number of sulfonamides is 1. The molecular formula is C12H22N4O3S. The Bertz CT molecular complexity index is 541. The third kappa shape index (κ3) is 4.45. The summed E-state index contributed by atoms with van der Waals surface area (Å²) in [4.78, 5) is 0. The molecule has 8 heteroatoms. The van der Waals surface area contributed by atoms with Crippen LogP contribution in [0.2, 0.25) is 0 Å². The van der Waals surface area contributed by atoms with Gasteiger partial charge in [-0.1, -0.05) is 25.9 Å². The summed E-state index contributed by atoms with van der Waals surface area (Å²) >= 11 is 0. The van der Waals surface area contributed by atoms with Crippen LogP contribution in [-0.4, -0.2) is 30.9 Å². The van der Waals surface area contributed by atoms with E-state index in [4.69, 9.17) is 4.42 Å². The van der Waals surface area contributed by atoms with Crippen LogP contribution in [0.25, 0.3) is 0 Å². The third-order valence-electron chi connectivity index (χ3n) is 3.16. The maximum atomic E-state index is 11.9. The zero-order valence-corrected chi connectivity index (χ0v) is 13.0. The van der Waals surface area contributed by atoms with Gasteiger partial charge in [0.25, 0.3) is 0 Å². The Morgan fingerprint density at radius 2 is 2.15 bits per heavy atom. The molecule has 0 radical (unpaired) electrons. The van der Waals surface area contributed by atoms with Crippen molar-refractivity contribution in [3.63, 3.8) is 0 Å². The number of nitrogens with zero attached hydrogens (tertiary/aromatic N) is 2. The van der Waals surface area contributed by atoms with Crippen LogP contribution in [0.5, 0.6) is 0 Å². The first-order valence-electron chi connectivity index (χ1n) is 6.82. The molecule has 1 atom stereocenters. The van der Waals surface area contributed by atoms with Crippen LogP contribution in [0.4, 0.5) is 6.01 Å². The van der Waals surface area contributed by atoms with Crippen molar-refractivity contribution in [2.75, 3.05) is 17.0 Å². The van der Waals surface area contributed by atoms with Gasteiger partial charge in [0.1, 0.15) is 0 Å². The second kappa shape index (κ2) is 5.69. The largest absolute Gasteiger partial charge is 0.406 e. The number of hydrogen-bond donors (Lipinski definition) is 2. The second-order valence-electron chi connectivity index (χ2n) is 6.33. The Balaban J connectivity index is 1.95. The molecule has 0 bridgehead atoms. The van der Waals surface area contributed by atoms with Gasteiger partial charge >= 0.3 is 6.01 Å². The predicted octanol–water partition coefficient (Wildman–Crippen LogP) is 1.67. The van der Waals surface area contributed by atoms with Gasteiger partial charge in [0.05, 0.1) is 11.8 Å². The molecule has 0 saturated carbocycles. The quantitative estimate of drug-likeness (QED) is 0.858. The van der Waals surface area contributed by atoms with Crippen LogP contribution >= 0.6 is 0 Å². The molecule has 1 aromatic heterocycles. The lowest BCUT2D eigenvalue weighted by Crippen LogP contribution is -2.21. The highest BCUT2D eigenvalue weighted by atomic mass is 32.2. The summed E-state index contributed by atoms with van der Waals surface area (Å²) in [5.41, 5.74) is -0.0392. The van der Waals surface area contributed by atoms with Crippen molar-refractivity contribution in [1.29, 1.82) is 0 Å². The molecule has 2 rings (SSSR count). The molecule has 1 saturated heterocycles. The summed E-state index contributed by atoms with van der Waals surface area (Å²) < 4.78 is 31.5. The fourth-order valence-electron chi connectivity index (χ4n) is 1.94. The molecule has 0 amide bonds. The highest BCUT2D eigenvalue weighted by molar-refractivity contribution is 7.92. The van der Waals surface area contributed by atoms with E-state index < -0.39 is 10.0 Å². The molecule has 1 fully saturated rings. The zero-order chi connectivity index (χ0) is 14.8. The molecule has 1 aliphatic heterocycles. The van der Waals surface area contributed by atoms with E-state index >= 15 is 0 Å². The number of aromatic nitrogens is 2. The second-order valence-corrected chi connectivity index (χ2v) is 8.17. The first-order chi connectivity index (χ1) is 9.25. The number of rotatable bonds is 5. The van der Waals surface area contributed by atoms with E-state index in [0.717, 1.165) is 19.4 Å². The summed E-state index contributed by atoms with van der Waals surface area (Å²) in [6, 6.07) is -0.0158. The Hall–Kier alpha value is -1.15. The van der Waals surface area contributed by atoms with Crippen LogP contribution in [0.3, 0.4) is 0 Å². The number of hydrogen-bond acceptors (Lipinski definition) is 6. The summed E-state index contributed by atoms with van der Waals surface area (Å²) in [5.74, 6) is 0.478. The minimum atomic E-state index is -3.44. The van der Waals surface area contributed by atoms with E-state index in [0.29, 0.717) is 12.3 Å². The van der Waals surface area contributed by atoms with Crippen molar-refractivity contribution in [1.82, 2.24) is 15.5 Å². The van der Waals surface area contributed by atoms with Crippen molar-refractivity contribution in [3.05, 3.63) is 5.89 Å². The van der Waals surface area contributed by atoms with E-state index in [-0.39, 0.29) is 23.2 Å². The average molecular weight is 302 g/mol. The standard InChI is InChI=1S/C12H22N4O3S/c1-12(2,3)6-8-20(17,18)16-11-15-14-10(19-11)9-5-4-7-13-9/h9,13H,4-8H2,1-3H3,(H,15,16). The summed E-state index contributed by atoms with van der Waals surface area (Å²) in [6.45, 7) is 6.91. The third-order valence-corrected chi connectivity index (χ3v) is 4.39. The fraction of sp³-hybridized carbons (Fsp3) is 0.833. The smallest absolute Gasteiger partial charge is 0.329 e. The van der Waals surface area contributed by atoms with Crippen LogP contribution in [0.1, 0.15) is 52.0 Å². The van der Waals surface area contributed by atoms with Gasteiger partial charge in [0.15, 0.2) is 0 Å². The highest BCUT2D eigenvalue weighted by Crippen LogP contribution is 2.24. The molecule has 0 aromatic carbocycles. The maximum absolute atomic E-state index is 11.9. The Morgan fingerprint density at radius 1 is 1.40 bits per heavy atom. The number of anilines is 1. The molecule has 1 unspecified atom stereocenters. The molecule has 7 nitrogen and oxygen atoms in total. The van der Waals surface area contributed by atoms with Crippen molar-refractivity contribution in [2.45, 2.75) is 46.1 Å². The molecule has 1 aromatic rings. The van der Waals surface area contributed by atoms with Crippen LogP contribution in [0, 0.1) is 5.41 Å². The minimum absolute atomic E-state index is 0.0373. The van der Waals surface area contributed by atoms with Gasteiger partial charge in [-0.25, -0.2) is 13.1 Å². The van der Waals surface area contributed by atoms with Gasteiger partial charge in [-0.15, -0.1) is 5.10 Å². The van der Waals surface area contributed by atoms with E-state index in [1.807, 2.05) is 20.8 Å². The maximum Gasteiger partial charge on any atom is 0.329 e. The topological polar surface area (TPSA) is 97.1 Å². The van der Waals surface area contributed by atoms with Crippen molar-refractivity contribution in [2.24, 2.45) is 5.41 Å². The Morgan fingerprint density at radius 3 is 2.75 bits per heavy atom. The highest BCUT2D eigenvalue weighted by Gasteiger charge is 2.24. The average Bonchev–Trinajstić information content (AvgIpc) is 2.95. The van der Waals surface area contributed by atoms with Gasteiger partial charge in [-0.05, 0) is 31.2 Å². The van der Waals surface area contributed by atoms with Gasteiger partial charge < -0.3 is 9.73 Å². The van der Waals surface area contributed by atoms with Crippen LogP contribution < -0.4 is 10.0 Å². The molecule has 0 aliphatic carbocycles. The molecule has 2 N–H and O–H groups in total. The van der Waals surface area contributed by atoms with Gasteiger partial charge in [-0.2, -0.15) is 0 Å². The molecule has 20 heavy (non-hydrogen) atoms. The van der Waals surface area contributed by atoms with E-state index in [1.165, 1.54) is 0 Å². The Labute approximate surface area is 119 Å². The summed E-state index contributed by atoms with van der Waals surface area (Å²) in [6.07, 6.45) is 2.55. The van der Waals surface area contributed by atoms with Gasteiger partial charge in [0, 0.05) is 0 Å². The molecule has 1 aliphatic rings. The molecular weight excluding hydrogens is 280 g/mol. The van der Waals surface area contributed by atoms with E-state index in [1.54, 1.807) is 0 Å². The lowest BCUT2D eigenvalue weighted by atomic mass is 9.94. The molecule has 114 valence electrons. The lowest BCUT2D eigenvalue weighted by molar-refractivity contribution is 0.397. The normalized spacial score (nSPS) is 20.2. The van der Waals surface area contributed by atoms with Crippen molar-refractivity contribution >= 4 is 16.0 Å². The first-order valence-corrected chi connectivity index (χ1v) is 8.48. The molecule has 0 spiro atoms. The Kier molecular flexibility index (Phi) is 4.33. The van der Waals surface area contributed by atoms with Crippen LogP contribution in [0.15, 0.2) is 4.42 Å². The summed E-state index contributed by atoms with van der Waals surface area (Å²) in [5, 5.41) is 10.8. The van der Waals surface area contributed by atoms with E-state index in [9.17, 15) is 8.42 Å². The monoisotopic (exact) mass is 302 g/mol. The van der Waals surface area contributed by atoms with Crippen molar-refractivity contribution < 1.29 is 12.8 Å². The first kappa shape index (κ1) is 15.2. The minimum Gasteiger partial charge on any atom is -0.406 e. The van der Waals surface area contributed by atoms with Gasteiger partial charge in [0.2, 0.25) is 15.9 Å². The van der Waals surface area contributed by atoms with Crippen molar-refractivity contribution in [3.8, 4) is 0 Å². The molecule has 2 heterocycles. The van der Waals surface area contributed by atoms with E-state index in [2.05, 4.69) is 20.2 Å².